The van der Waals surface area contributed by atoms with Crippen LogP contribution in [0.5, 0.6) is 0 Å². The predicted molar refractivity (Wildman–Crippen MR) is 112 cm³/mol. The van der Waals surface area contributed by atoms with Crippen molar-refractivity contribution in [3.8, 4) is 0 Å². The van der Waals surface area contributed by atoms with E-state index in [1.54, 1.807) is 30.5 Å². The summed E-state index contributed by atoms with van der Waals surface area (Å²) in [5, 5.41) is 3.21. The van der Waals surface area contributed by atoms with Crippen molar-refractivity contribution < 1.29 is 4.79 Å². The van der Waals surface area contributed by atoms with Gasteiger partial charge in [0.2, 0.25) is 0 Å². The lowest BCUT2D eigenvalue weighted by Crippen LogP contribution is -2.46. The smallest absolute Gasteiger partial charge is 0.258 e. The van der Waals surface area contributed by atoms with Crippen LogP contribution < -0.4 is 15.1 Å². The van der Waals surface area contributed by atoms with Gasteiger partial charge in [0.1, 0.15) is 11.6 Å². The van der Waals surface area contributed by atoms with E-state index in [1.807, 2.05) is 36.5 Å². The summed E-state index contributed by atoms with van der Waals surface area (Å²) in [6, 6.07) is 16.7. The van der Waals surface area contributed by atoms with Crippen LogP contribution in [0.25, 0.3) is 0 Å². The number of anilines is 3. The second-order valence-electron chi connectivity index (χ2n) is 6.50. The molecule has 0 spiro atoms. The van der Waals surface area contributed by atoms with E-state index in [9.17, 15) is 4.79 Å². The number of hydrogen-bond donors (Lipinski definition) is 1. The summed E-state index contributed by atoms with van der Waals surface area (Å²) in [4.78, 5) is 25.7. The lowest BCUT2D eigenvalue weighted by atomic mass is 10.2. The van der Waals surface area contributed by atoms with Crippen LogP contribution in [-0.2, 0) is 0 Å². The molecule has 142 valence electrons. The first-order valence-electron chi connectivity index (χ1n) is 9.13. The predicted octanol–water partition coefficient (Wildman–Crippen LogP) is 3.71. The Morgan fingerprint density at radius 3 is 2.32 bits per heavy atom. The van der Waals surface area contributed by atoms with Crippen LogP contribution in [-0.4, -0.2) is 42.1 Å². The molecule has 1 aliphatic heterocycles. The molecular formula is C21H20ClN5O. The summed E-state index contributed by atoms with van der Waals surface area (Å²) >= 11 is 6.07. The Hall–Kier alpha value is -3.12. The molecule has 0 aliphatic carbocycles. The number of amides is 1. The minimum atomic E-state index is -0.269. The van der Waals surface area contributed by atoms with Gasteiger partial charge in [0.25, 0.3) is 5.91 Å². The number of nitrogens with one attached hydrogen (secondary N) is 1. The fourth-order valence-corrected chi connectivity index (χ4v) is 3.43. The molecule has 1 aliphatic rings. The number of carbonyl (C=O) groups excluding carboxylic acids is 1. The minimum absolute atomic E-state index is 0.269. The van der Waals surface area contributed by atoms with E-state index >= 15 is 0 Å². The zero-order valence-corrected chi connectivity index (χ0v) is 16.0. The Bertz CT molecular complexity index is 941. The topological polar surface area (TPSA) is 61.4 Å². The number of halogens is 1. The second kappa shape index (κ2) is 8.27. The highest BCUT2D eigenvalue weighted by Gasteiger charge is 2.18. The van der Waals surface area contributed by atoms with Gasteiger partial charge >= 0.3 is 0 Å². The minimum Gasteiger partial charge on any atom is -0.367 e. The van der Waals surface area contributed by atoms with E-state index < -0.39 is 0 Å². The molecule has 7 heteroatoms. The van der Waals surface area contributed by atoms with Crippen LogP contribution in [0.1, 0.15) is 10.4 Å². The quantitative estimate of drug-likeness (QED) is 0.732. The van der Waals surface area contributed by atoms with E-state index in [0.717, 1.165) is 37.7 Å². The van der Waals surface area contributed by atoms with Crippen LogP contribution in [0.3, 0.4) is 0 Å². The number of aromatic nitrogens is 2. The number of benzene rings is 1. The van der Waals surface area contributed by atoms with E-state index in [1.165, 1.54) is 0 Å². The van der Waals surface area contributed by atoms with Crippen LogP contribution >= 0.6 is 11.6 Å². The maximum Gasteiger partial charge on any atom is 0.258 e. The van der Waals surface area contributed by atoms with Gasteiger partial charge in [-0.15, -0.1) is 0 Å². The summed E-state index contributed by atoms with van der Waals surface area (Å²) in [7, 11) is 0. The number of nitrogens with zero attached hydrogens (tertiary/aromatic N) is 4. The van der Waals surface area contributed by atoms with Crippen molar-refractivity contribution in [1.29, 1.82) is 0 Å². The first-order chi connectivity index (χ1) is 13.7. The Kier molecular flexibility index (Phi) is 5.39. The van der Waals surface area contributed by atoms with Crippen molar-refractivity contribution in [3.05, 3.63) is 77.6 Å². The molecule has 0 unspecified atom stereocenters. The third-order valence-electron chi connectivity index (χ3n) is 4.73. The summed E-state index contributed by atoms with van der Waals surface area (Å²) in [5.74, 6) is 1.24. The van der Waals surface area contributed by atoms with E-state index in [4.69, 9.17) is 11.6 Å². The van der Waals surface area contributed by atoms with Gasteiger partial charge in [0, 0.05) is 32.4 Å². The fraction of sp³-hybridized carbons (Fsp3) is 0.190. The van der Waals surface area contributed by atoms with E-state index in [0.29, 0.717) is 16.4 Å². The molecule has 2 aromatic heterocycles. The largest absolute Gasteiger partial charge is 0.367 e. The van der Waals surface area contributed by atoms with Gasteiger partial charge in [-0.3, -0.25) is 4.79 Å². The van der Waals surface area contributed by atoms with E-state index in [2.05, 4.69) is 25.1 Å². The van der Waals surface area contributed by atoms with Gasteiger partial charge in [-0.2, -0.15) is 0 Å². The van der Waals surface area contributed by atoms with Crippen molar-refractivity contribution in [3.63, 3.8) is 0 Å². The molecule has 0 saturated carbocycles. The van der Waals surface area contributed by atoms with E-state index in [-0.39, 0.29) is 5.91 Å². The van der Waals surface area contributed by atoms with Crippen LogP contribution in [0.2, 0.25) is 5.02 Å². The molecule has 1 N–H and O–H groups in total. The van der Waals surface area contributed by atoms with Gasteiger partial charge in [-0.05, 0) is 36.4 Å². The first kappa shape index (κ1) is 18.3. The molecule has 0 bridgehead atoms. The molecule has 3 heterocycles. The maximum absolute atomic E-state index is 12.3. The number of hydrogen-bond acceptors (Lipinski definition) is 5. The maximum atomic E-state index is 12.3. The third kappa shape index (κ3) is 4.07. The fourth-order valence-electron chi connectivity index (χ4n) is 3.21. The summed E-state index contributed by atoms with van der Waals surface area (Å²) in [5.41, 5.74) is 1.47. The average molecular weight is 394 g/mol. The van der Waals surface area contributed by atoms with Crippen molar-refractivity contribution in [1.82, 2.24) is 9.97 Å². The zero-order chi connectivity index (χ0) is 19.3. The zero-order valence-electron chi connectivity index (χ0n) is 15.3. The molecule has 1 fully saturated rings. The number of pyridine rings is 2. The van der Waals surface area contributed by atoms with Gasteiger partial charge < -0.3 is 15.1 Å². The summed E-state index contributed by atoms with van der Waals surface area (Å²) in [6.45, 7) is 3.59. The highest BCUT2D eigenvalue weighted by atomic mass is 35.5. The number of rotatable bonds is 4. The number of piperazine rings is 1. The Balaban J connectivity index is 1.36. The molecule has 28 heavy (non-hydrogen) atoms. The van der Waals surface area contributed by atoms with Crippen LogP contribution in [0.15, 0.2) is 67.0 Å². The Labute approximate surface area is 168 Å². The molecule has 1 saturated heterocycles. The van der Waals surface area contributed by atoms with Crippen LogP contribution in [0.4, 0.5) is 17.3 Å². The molecule has 1 amide bonds. The Morgan fingerprint density at radius 2 is 1.64 bits per heavy atom. The van der Waals surface area contributed by atoms with Gasteiger partial charge in [-0.1, -0.05) is 29.8 Å². The first-order valence-corrected chi connectivity index (χ1v) is 9.51. The summed E-state index contributed by atoms with van der Waals surface area (Å²) in [6.07, 6.45) is 3.61. The third-order valence-corrected chi connectivity index (χ3v) is 5.06. The lowest BCUT2D eigenvalue weighted by Gasteiger charge is -2.36. The van der Waals surface area contributed by atoms with Crippen molar-refractivity contribution >= 4 is 34.8 Å². The molecule has 3 aromatic rings. The van der Waals surface area contributed by atoms with Crippen molar-refractivity contribution in [2.75, 3.05) is 41.3 Å². The molecule has 1 aromatic carbocycles. The normalized spacial score (nSPS) is 14.0. The molecule has 0 radical (unpaired) electrons. The molecular weight excluding hydrogens is 374 g/mol. The van der Waals surface area contributed by atoms with Crippen molar-refractivity contribution in [2.45, 2.75) is 0 Å². The average Bonchev–Trinajstić information content (AvgIpc) is 2.75. The highest BCUT2D eigenvalue weighted by Crippen LogP contribution is 2.21. The lowest BCUT2D eigenvalue weighted by molar-refractivity contribution is 0.102. The second-order valence-corrected chi connectivity index (χ2v) is 6.90. The van der Waals surface area contributed by atoms with Crippen LogP contribution in [0, 0.1) is 0 Å². The Morgan fingerprint density at radius 1 is 0.893 bits per heavy atom. The monoisotopic (exact) mass is 393 g/mol. The highest BCUT2D eigenvalue weighted by molar-refractivity contribution is 6.34. The standard InChI is InChI=1S/C21H20ClN5O/c22-18-6-2-1-5-17(18)21(28)25-19-9-8-16(15-24-19)26-11-13-27(14-12-26)20-7-3-4-10-23-20/h1-10,15H,11-14H2,(H,24,25,28). The molecule has 4 rings (SSSR count). The number of carbonyl (C=O) groups is 1. The molecule has 0 atom stereocenters. The van der Waals surface area contributed by atoms with Gasteiger partial charge in [-0.25, -0.2) is 9.97 Å². The van der Waals surface area contributed by atoms with Crippen molar-refractivity contribution in [2.24, 2.45) is 0 Å². The molecule has 6 nitrogen and oxygen atoms in total. The van der Waals surface area contributed by atoms with Gasteiger partial charge in [0.05, 0.1) is 22.5 Å². The SMILES string of the molecule is O=C(Nc1ccc(N2CCN(c3ccccn3)CC2)cn1)c1ccccc1Cl. The summed E-state index contributed by atoms with van der Waals surface area (Å²) < 4.78 is 0. The van der Waals surface area contributed by atoms with Gasteiger partial charge in [0.15, 0.2) is 0 Å².